The van der Waals surface area contributed by atoms with Crippen molar-refractivity contribution in [3.05, 3.63) is 29.8 Å². The highest BCUT2D eigenvalue weighted by molar-refractivity contribution is 5.96. The number of hydrogen-bond acceptors (Lipinski definition) is 3. The molecule has 1 aromatic rings. The molecular formula is C11H13N3O. The zero-order chi connectivity index (χ0) is 11.4. The summed E-state index contributed by atoms with van der Waals surface area (Å²) in [6.07, 6.45) is 0. The Kier molecular flexibility index (Phi) is 3.42. The van der Waals surface area contributed by atoms with E-state index in [1.165, 1.54) is 4.90 Å². The third-order valence-electron chi connectivity index (χ3n) is 2.10. The van der Waals surface area contributed by atoms with Crippen LogP contribution >= 0.6 is 0 Å². The number of carbonyl (C=O) groups excluding carboxylic acids is 1. The number of nitrogens with two attached hydrogens (primary N) is 1. The Labute approximate surface area is 88.9 Å². The summed E-state index contributed by atoms with van der Waals surface area (Å²) < 4.78 is 0. The standard InChI is InChI=1S/C11H13N3O/c1-8(13)11(15)14(2)10-5-3-9(7-12)4-6-10/h3-6,8H,13H2,1-2H3/t8-/m1/s1. The number of nitrogens with zero attached hydrogens (tertiary/aromatic N) is 2. The van der Waals surface area contributed by atoms with Crippen molar-refractivity contribution in [1.82, 2.24) is 0 Å². The average molecular weight is 203 g/mol. The van der Waals surface area contributed by atoms with E-state index in [1.54, 1.807) is 38.2 Å². The minimum atomic E-state index is -0.523. The van der Waals surface area contributed by atoms with Crippen LogP contribution in [0.15, 0.2) is 24.3 Å². The molecule has 1 atom stereocenters. The van der Waals surface area contributed by atoms with Crippen molar-refractivity contribution in [2.24, 2.45) is 5.73 Å². The summed E-state index contributed by atoms with van der Waals surface area (Å²) in [5.41, 5.74) is 6.79. The van der Waals surface area contributed by atoms with Gasteiger partial charge in [0.15, 0.2) is 0 Å². The summed E-state index contributed by atoms with van der Waals surface area (Å²) in [5.74, 6) is -0.153. The van der Waals surface area contributed by atoms with Crippen LogP contribution in [0.2, 0.25) is 0 Å². The minimum Gasteiger partial charge on any atom is -0.320 e. The number of carbonyl (C=O) groups is 1. The molecule has 0 aliphatic rings. The van der Waals surface area contributed by atoms with Crippen LogP contribution in [0, 0.1) is 11.3 Å². The summed E-state index contributed by atoms with van der Waals surface area (Å²) in [5, 5.41) is 8.61. The van der Waals surface area contributed by atoms with Crippen molar-refractivity contribution in [2.75, 3.05) is 11.9 Å². The maximum Gasteiger partial charge on any atom is 0.243 e. The van der Waals surface area contributed by atoms with Crippen molar-refractivity contribution in [2.45, 2.75) is 13.0 Å². The number of hydrogen-bond donors (Lipinski definition) is 1. The SMILES string of the molecule is C[C@@H](N)C(=O)N(C)c1ccc(C#N)cc1. The van der Waals surface area contributed by atoms with Crippen LogP contribution in [0.4, 0.5) is 5.69 Å². The lowest BCUT2D eigenvalue weighted by Gasteiger charge is -2.19. The summed E-state index contributed by atoms with van der Waals surface area (Å²) in [7, 11) is 1.66. The average Bonchev–Trinajstić information content (AvgIpc) is 2.27. The van der Waals surface area contributed by atoms with E-state index in [0.29, 0.717) is 5.56 Å². The highest BCUT2D eigenvalue weighted by Crippen LogP contribution is 2.13. The molecule has 1 amide bonds. The van der Waals surface area contributed by atoms with E-state index in [1.807, 2.05) is 6.07 Å². The Morgan fingerprint density at radius 3 is 2.40 bits per heavy atom. The van der Waals surface area contributed by atoms with Gasteiger partial charge in [0.05, 0.1) is 17.7 Å². The van der Waals surface area contributed by atoms with E-state index in [0.717, 1.165) is 5.69 Å². The number of amides is 1. The molecular weight excluding hydrogens is 190 g/mol. The molecule has 2 N–H and O–H groups in total. The molecule has 78 valence electrons. The van der Waals surface area contributed by atoms with Gasteiger partial charge in [-0.1, -0.05) is 0 Å². The predicted octanol–water partition coefficient (Wildman–Crippen LogP) is 0.868. The van der Waals surface area contributed by atoms with Gasteiger partial charge >= 0.3 is 0 Å². The van der Waals surface area contributed by atoms with E-state index < -0.39 is 6.04 Å². The van der Waals surface area contributed by atoms with E-state index in [4.69, 9.17) is 11.0 Å². The van der Waals surface area contributed by atoms with Gasteiger partial charge in [-0.2, -0.15) is 5.26 Å². The molecule has 0 unspecified atom stereocenters. The van der Waals surface area contributed by atoms with Crippen LogP contribution in [0.5, 0.6) is 0 Å². The van der Waals surface area contributed by atoms with Crippen LogP contribution in [-0.2, 0) is 4.79 Å². The third kappa shape index (κ3) is 2.55. The van der Waals surface area contributed by atoms with E-state index in [2.05, 4.69) is 0 Å². The summed E-state index contributed by atoms with van der Waals surface area (Å²) in [6.45, 7) is 1.64. The number of likely N-dealkylation sites (N-methyl/N-ethyl adjacent to an activating group) is 1. The van der Waals surface area contributed by atoms with Crippen LogP contribution < -0.4 is 10.6 Å². The molecule has 0 aromatic heterocycles. The second kappa shape index (κ2) is 4.58. The molecule has 0 aliphatic heterocycles. The minimum absolute atomic E-state index is 0.153. The van der Waals surface area contributed by atoms with Gasteiger partial charge in [-0.05, 0) is 31.2 Å². The first-order valence-corrected chi connectivity index (χ1v) is 4.59. The number of nitriles is 1. The van der Waals surface area contributed by atoms with Crippen LogP contribution in [0.25, 0.3) is 0 Å². The number of benzene rings is 1. The first-order valence-electron chi connectivity index (χ1n) is 4.59. The number of rotatable bonds is 2. The fourth-order valence-corrected chi connectivity index (χ4v) is 1.19. The molecule has 0 radical (unpaired) electrons. The van der Waals surface area contributed by atoms with Crippen LogP contribution in [0.1, 0.15) is 12.5 Å². The predicted molar refractivity (Wildman–Crippen MR) is 58.2 cm³/mol. The summed E-state index contributed by atoms with van der Waals surface area (Å²) in [4.78, 5) is 13.0. The lowest BCUT2D eigenvalue weighted by atomic mass is 10.2. The van der Waals surface area contributed by atoms with Gasteiger partial charge in [-0.25, -0.2) is 0 Å². The Bertz CT molecular complexity index is 389. The van der Waals surface area contributed by atoms with Gasteiger partial charge in [-0.3, -0.25) is 4.79 Å². The van der Waals surface area contributed by atoms with E-state index in [-0.39, 0.29) is 5.91 Å². The summed E-state index contributed by atoms with van der Waals surface area (Å²) in [6, 6.07) is 8.27. The smallest absolute Gasteiger partial charge is 0.243 e. The zero-order valence-electron chi connectivity index (χ0n) is 8.77. The Balaban J connectivity index is 2.88. The van der Waals surface area contributed by atoms with Gasteiger partial charge in [0, 0.05) is 12.7 Å². The maximum atomic E-state index is 11.5. The molecule has 0 saturated heterocycles. The molecule has 0 spiro atoms. The molecule has 0 saturated carbocycles. The second-order valence-electron chi connectivity index (χ2n) is 3.34. The van der Waals surface area contributed by atoms with Crippen LogP contribution in [-0.4, -0.2) is 19.0 Å². The van der Waals surface area contributed by atoms with Crippen molar-refractivity contribution in [3.8, 4) is 6.07 Å². The quantitative estimate of drug-likeness (QED) is 0.775. The van der Waals surface area contributed by atoms with Gasteiger partial charge in [0.25, 0.3) is 0 Å². The number of anilines is 1. The van der Waals surface area contributed by atoms with E-state index in [9.17, 15) is 4.79 Å². The normalized spacial score (nSPS) is 11.6. The van der Waals surface area contributed by atoms with Gasteiger partial charge < -0.3 is 10.6 Å². The Morgan fingerprint density at radius 1 is 1.47 bits per heavy atom. The van der Waals surface area contributed by atoms with E-state index >= 15 is 0 Å². The van der Waals surface area contributed by atoms with Gasteiger partial charge in [-0.15, -0.1) is 0 Å². The molecule has 0 aliphatic carbocycles. The molecule has 1 rings (SSSR count). The molecule has 4 heteroatoms. The Morgan fingerprint density at radius 2 is 2.00 bits per heavy atom. The largest absolute Gasteiger partial charge is 0.320 e. The zero-order valence-corrected chi connectivity index (χ0v) is 8.77. The highest BCUT2D eigenvalue weighted by atomic mass is 16.2. The molecule has 15 heavy (non-hydrogen) atoms. The fraction of sp³-hybridized carbons (Fsp3) is 0.273. The molecule has 0 bridgehead atoms. The highest BCUT2D eigenvalue weighted by Gasteiger charge is 2.14. The second-order valence-corrected chi connectivity index (χ2v) is 3.34. The molecule has 0 fully saturated rings. The van der Waals surface area contributed by atoms with Gasteiger partial charge in [0.1, 0.15) is 0 Å². The first-order chi connectivity index (χ1) is 7.06. The Hall–Kier alpha value is -1.86. The fourth-order valence-electron chi connectivity index (χ4n) is 1.19. The first kappa shape index (κ1) is 11.2. The van der Waals surface area contributed by atoms with Gasteiger partial charge in [0.2, 0.25) is 5.91 Å². The summed E-state index contributed by atoms with van der Waals surface area (Å²) >= 11 is 0. The van der Waals surface area contributed by atoms with Crippen molar-refractivity contribution in [3.63, 3.8) is 0 Å². The lowest BCUT2D eigenvalue weighted by Crippen LogP contribution is -2.39. The van der Waals surface area contributed by atoms with Crippen molar-refractivity contribution >= 4 is 11.6 Å². The monoisotopic (exact) mass is 203 g/mol. The lowest BCUT2D eigenvalue weighted by molar-refractivity contribution is -0.119. The molecule has 0 heterocycles. The van der Waals surface area contributed by atoms with Crippen molar-refractivity contribution in [1.29, 1.82) is 5.26 Å². The molecule has 1 aromatic carbocycles. The third-order valence-corrected chi connectivity index (χ3v) is 2.10. The van der Waals surface area contributed by atoms with Crippen LogP contribution in [0.3, 0.4) is 0 Å². The molecule has 4 nitrogen and oxygen atoms in total. The van der Waals surface area contributed by atoms with Crippen molar-refractivity contribution < 1.29 is 4.79 Å². The maximum absolute atomic E-state index is 11.5. The topological polar surface area (TPSA) is 70.1 Å².